The lowest BCUT2D eigenvalue weighted by Crippen LogP contribution is -2.42. The number of carbonyl (C=O) groups excluding carboxylic acids is 2. The Morgan fingerprint density at radius 1 is 1.17 bits per heavy atom. The average molecular weight is 403 g/mol. The molecule has 7 heteroatoms. The van der Waals surface area contributed by atoms with E-state index in [1.807, 2.05) is 18.7 Å². The lowest BCUT2D eigenvalue weighted by atomic mass is 9.93. The molecule has 7 nitrogen and oxygen atoms in total. The van der Waals surface area contributed by atoms with Gasteiger partial charge in [0.2, 0.25) is 5.43 Å². The first-order valence-corrected chi connectivity index (χ1v) is 10.2. The summed E-state index contributed by atoms with van der Waals surface area (Å²) < 4.78 is 1.87. The minimum absolute atomic E-state index is 0.000971. The molecule has 29 heavy (non-hydrogen) atoms. The predicted molar refractivity (Wildman–Crippen MR) is 115 cm³/mol. The van der Waals surface area contributed by atoms with E-state index >= 15 is 0 Å². The lowest BCUT2D eigenvalue weighted by molar-refractivity contribution is 0.0927. The minimum Gasteiger partial charge on any atom is -0.351 e. The van der Waals surface area contributed by atoms with Crippen LogP contribution in [0.2, 0.25) is 0 Å². The molecular weight excluding hydrogens is 368 g/mol. The molecule has 0 aromatic carbocycles. The van der Waals surface area contributed by atoms with Crippen molar-refractivity contribution in [2.45, 2.75) is 45.6 Å². The highest BCUT2D eigenvalue weighted by Gasteiger charge is 2.25. The van der Waals surface area contributed by atoms with Crippen molar-refractivity contribution in [2.75, 3.05) is 33.7 Å². The van der Waals surface area contributed by atoms with Crippen LogP contribution in [0, 0.1) is 5.41 Å². The molecule has 2 amide bonds. The van der Waals surface area contributed by atoms with Gasteiger partial charge in [-0.1, -0.05) is 32.8 Å². The fourth-order valence-electron chi connectivity index (χ4n) is 3.92. The van der Waals surface area contributed by atoms with Gasteiger partial charge in [0.1, 0.15) is 11.1 Å². The molecule has 0 aliphatic heterocycles. The quantitative estimate of drug-likeness (QED) is 0.620. The molecule has 1 aliphatic carbocycles. The third-order valence-electron chi connectivity index (χ3n) is 5.16. The van der Waals surface area contributed by atoms with E-state index in [-0.39, 0.29) is 29.1 Å². The summed E-state index contributed by atoms with van der Waals surface area (Å²) in [6, 6.07) is 0.207. The molecule has 1 aromatic rings. The molecule has 2 N–H and O–H groups in total. The maximum Gasteiger partial charge on any atom is 0.257 e. The van der Waals surface area contributed by atoms with E-state index < -0.39 is 17.2 Å². The lowest BCUT2D eigenvalue weighted by Gasteiger charge is -2.28. The second-order valence-electron chi connectivity index (χ2n) is 8.88. The largest absolute Gasteiger partial charge is 0.351 e. The Labute approximate surface area is 173 Å². The Morgan fingerprint density at radius 3 is 2.24 bits per heavy atom. The summed E-state index contributed by atoms with van der Waals surface area (Å²) in [6.07, 6.45) is 8.92. The summed E-state index contributed by atoms with van der Waals surface area (Å²) in [5.74, 6) is -0.920. The van der Waals surface area contributed by atoms with Crippen LogP contribution in [0.25, 0.3) is 0 Å². The molecular formula is C22H34N4O3. The van der Waals surface area contributed by atoms with Crippen molar-refractivity contribution in [1.82, 2.24) is 20.1 Å². The van der Waals surface area contributed by atoms with Crippen LogP contribution in [-0.2, 0) is 0 Å². The van der Waals surface area contributed by atoms with Crippen LogP contribution in [0.4, 0.5) is 0 Å². The second-order valence-corrected chi connectivity index (χ2v) is 8.88. The second kappa shape index (κ2) is 9.87. The number of carbonyl (C=O) groups is 2. The van der Waals surface area contributed by atoms with Crippen molar-refractivity contribution in [3.05, 3.63) is 46.4 Å². The van der Waals surface area contributed by atoms with E-state index in [9.17, 15) is 14.4 Å². The third kappa shape index (κ3) is 6.29. The average Bonchev–Trinajstić information content (AvgIpc) is 3.18. The van der Waals surface area contributed by atoms with Gasteiger partial charge in [-0.2, -0.15) is 0 Å². The Kier molecular flexibility index (Phi) is 7.79. The fraction of sp³-hybridized carbons (Fsp3) is 0.591. The van der Waals surface area contributed by atoms with Gasteiger partial charge in [-0.3, -0.25) is 14.4 Å². The summed E-state index contributed by atoms with van der Waals surface area (Å²) in [5, 5.41) is 5.53. The van der Waals surface area contributed by atoms with Crippen LogP contribution in [0.15, 0.2) is 29.8 Å². The summed E-state index contributed by atoms with van der Waals surface area (Å²) in [4.78, 5) is 40.3. The van der Waals surface area contributed by atoms with Gasteiger partial charge in [0.05, 0.1) is 0 Å². The number of pyridine rings is 1. The molecule has 2 rings (SSSR count). The van der Waals surface area contributed by atoms with Crippen molar-refractivity contribution >= 4 is 11.8 Å². The summed E-state index contributed by atoms with van der Waals surface area (Å²) >= 11 is 0. The maximum atomic E-state index is 12.9. The number of rotatable bonds is 9. The van der Waals surface area contributed by atoms with Gasteiger partial charge in [0, 0.05) is 38.1 Å². The molecule has 160 valence electrons. The molecule has 1 aromatic heterocycles. The maximum absolute atomic E-state index is 12.9. The third-order valence-corrected chi connectivity index (χ3v) is 5.16. The standard InChI is InChI=1S/C22H34N4O3/c1-6-11-23-20(28)17-12-26(16-9-7-8-10-16)13-18(19(17)27)21(29)24-14-22(2,3)15-25(4)5/h6,12-13,16H,1,7-11,14-15H2,2-5H3,(H,23,28)(H,24,29). The summed E-state index contributed by atoms with van der Waals surface area (Å²) in [6.45, 7) is 9.18. The zero-order chi connectivity index (χ0) is 21.6. The molecule has 1 fully saturated rings. The highest BCUT2D eigenvalue weighted by Crippen LogP contribution is 2.29. The Morgan fingerprint density at radius 2 is 1.72 bits per heavy atom. The van der Waals surface area contributed by atoms with Crippen LogP contribution >= 0.6 is 0 Å². The van der Waals surface area contributed by atoms with E-state index in [4.69, 9.17) is 0 Å². The van der Waals surface area contributed by atoms with Crippen molar-refractivity contribution in [1.29, 1.82) is 0 Å². The van der Waals surface area contributed by atoms with Gasteiger partial charge in [0.15, 0.2) is 0 Å². The summed E-state index contributed by atoms with van der Waals surface area (Å²) in [5.41, 5.74) is -0.672. The number of amides is 2. The molecule has 1 heterocycles. The smallest absolute Gasteiger partial charge is 0.257 e. The van der Waals surface area contributed by atoms with Gasteiger partial charge in [-0.15, -0.1) is 6.58 Å². The van der Waals surface area contributed by atoms with Crippen LogP contribution in [-0.4, -0.2) is 55.0 Å². The van der Waals surface area contributed by atoms with Crippen LogP contribution in [0.3, 0.4) is 0 Å². The number of nitrogens with one attached hydrogen (secondary N) is 2. The van der Waals surface area contributed by atoms with Crippen molar-refractivity contribution in [3.8, 4) is 0 Å². The Balaban J connectivity index is 2.32. The topological polar surface area (TPSA) is 83.4 Å². The first-order valence-electron chi connectivity index (χ1n) is 10.2. The zero-order valence-corrected chi connectivity index (χ0v) is 18.1. The normalized spacial score (nSPS) is 14.8. The van der Waals surface area contributed by atoms with Gasteiger partial charge < -0.3 is 20.1 Å². The van der Waals surface area contributed by atoms with Crippen molar-refractivity contribution < 1.29 is 9.59 Å². The molecule has 0 bridgehead atoms. The summed E-state index contributed by atoms with van der Waals surface area (Å²) in [7, 11) is 3.96. The van der Waals surface area contributed by atoms with E-state index in [0.29, 0.717) is 6.54 Å². The fourth-order valence-corrected chi connectivity index (χ4v) is 3.92. The molecule has 1 saturated carbocycles. The first-order chi connectivity index (χ1) is 13.6. The highest BCUT2D eigenvalue weighted by molar-refractivity contribution is 5.99. The monoisotopic (exact) mass is 402 g/mol. The first kappa shape index (κ1) is 22.9. The number of nitrogens with zero attached hydrogens (tertiary/aromatic N) is 2. The number of hydrogen-bond donors (Lipinski definition) is 2. The van der Waals surface area contributed by atoms with Crippen LogP contribution < -0.4 is 16.1 Å². The van der Waals surface area contributed by atoms with E-state index in [2.05, 4.69) is 36.0 Å². The van der Waals surface area contributed by atoms with Gasteiger partial charge >= 0.3 is 0 Å². The number of aromatic nitrogens is 1. The molecule has 0 atom stereocenters. The Bertz CT molecular complexity index is 805. The van der Waals surface area contributed by atoms with Gasteiger partial charge in [-0.05, 0) is 32.4 Å². The van der Waals surface area contributed by atoms with Crippen LogP contribution in [0.1, 0.15) is 66.3 Å². The minimum atomic E-state index is -0.538. The van der Waals surface area contributed by atoms with Gasteiger partial charge in [0.25, 0.3) is 11.8 Å². The van der Waals surface area contributed by atoms with E-state index in [1.54, 1.807) is 18.5 Å². The van der Waals surface area contributed by atoms with E-state index in [0.717, 1.165) is 32.2 Å². The number of hydrogen-bond acceptors (Lipinski definition) is 4. The van der Waals surface area contributed by atoms with E-state index in [1.165, 1.54) is 0 Å². The SMILES string of the molecule is C=CCNC(=O)c1cn(C2CCCC2)cc(C(=O)NCC(C)(C)CN(C)C)c1=O. The predicted octanol–water partition coefficient (Wildman–Crippen LogP) is 2.20. The molecule has 0 saturated heterocycles. The Hall–Kier alpha value is -2.41. The zero-order valence-electron chi connectivity index (χ0n) is 18.1. The highest BCUT2D eigenvalue weighted by atomic mass is 16.2. The molecule has 0 unspecified atom stereocenters. The van der Waals surface area contributed by atoms with Gasteiger partial charge in [-0.25, -0.2) is 0 Å². The van der Waals surface area contributed by atoms with Crippen LogP contribution in [0.5, 0.6) is 0 Å². The van der Waals surface area contributed by atoms with Crippen molar-refractivity contribution in [2.24, 2.45) is 5.41 Å². The van der Waals surface area contributed by atoms with Crippen molar-refractivity contribution in [3.63, 3.8) is 0 Å². The molecule has 0 spiro atoms. The molecule has 1 aliphatic rings. The molecule has 0 radical (unpaired) electrons.